The Morgan fingerprint density at radius 3 is 2.56 bits per heavy atom. The van der Waals surface area contributed by atoms with Crippen LogP contribution in [0.5, 0.6) is 0 Å². The molecule has 0 aliphatic carbocycles. The number of nitrogens with zero attached hydrogens (tertiary/aromatic N) is 1. The van der Waals surface area contributed by atoms with E-state index in [-0.39, 0.29) is 12.3 Å². The van der Waals surface area contributed by atoms with Crippen molar-refractivity contribution in [3.8, 4) is 0 Å². The van der Waals surface area contributed by atoms with Gasteiger partial charge in [-0.25, -0.2) is 4.79 Å². The highest BCUT2D eigenvalue weighted by Crippen LogP contribution is 2.29. The van der Waals surface area contributed by atoms with Gasteiger partial charge in [-0.2, -0.15) is 0 Å². The predicted octanol–water partition coefficient (Wildman–Crippen LogP) is 2.45. The lowest BCUT2D eigenvalue weighted by Gasteiger charge is -2.31. The lowest BCUT2D eigenvalue weighted by Crippen LogP contribution is -2.46. The first-order chi connectivity index (χ1) is 12.1. The molecule has 5 nitrogen and oxygen atoms in total. The lowest BCUT2D eigenvalue weighted by atomic mass is 9.96. The summed E-state index contributed by atoms with van der Waals surface area (Å²) in [6.07, 6.45) is 0.274. The van der Waals surface area contributed by atoms with Crippen molar-refractivity contribution < 1.29 is 19.4 Å². The summed E-state index contributed by atoms with van der Waals surface area (Å²) >= 11 is 0. The van der Waals surface area contributed by atoms with Gasteiger partial charge in [-0.1, -0.05) is 54.6 Å². The average molecular weight is 339 g/mol. The number of carboxylic acid groups (broad SMARTS) is 1. The molecule has 130 valence electrons. The first-order valence-electron chi connectivity index (χ1n) is 8.30. The van der Waals surface area contributed by atoms with E-state index < -0.39 is 18.1 Å². The summed E-state index contributed by atoms with van der Waals surface area (Å²) in [6.45, 7) is 0.456. The molecule has 0 saturated heterocycles. The number of rotatable bonds is 5. The zero-order valence-corrected chi connectivity index (χ0v) is 14.1. The second-order valence-electron chi connectivity index (χ2n) is 6.19. The average Bonchev–Trinajstić information content (AvgIpc) is 2.65. The highest BCUT2D eigenvalue weighted by molar-refractivity contribution is 5.87. The van der Waals surface area contributed by atoms with E-state index in [1.165, 1.54) is 11.9 Å². The fourth-order valence-corrected chi connectivity index (χ4v) is 3.16. The molecule has 0 saturated carbocycles. The molecule has 2 aromatic carbocycles. The molecule has 1 N–H and O–H groups in total. The van der Waals surface area contributed by atoms with E-state index in [4.69, 9.17) is 4.74 Å². The standard InChI is InChI=1S/C20H21NO4/c1-21(17(20(23)24)13-14-7-3-2-4-8-14)19(22)18-16-10-6-5-9-15(16)11-12-25-18/h2-10,17-18H,11-13H2,1H3,(H,23,24). The van der Waals surface area contributed by atoms with Gasteiger partial charge in [0.15, 0.2) is 6.10 Å². The number of hydrogen-bond donors (Lipinski definition) is 1. The monoisotopic (exact) mass is 339 g/mol. The quantitative estimate of drug-likeness (QED) is 0.909. The van der Waals surface area contributed by atoms with E-state index in [1.807, 2.05) is 54.6 Å². The zero-order chi connectivity index (χ0) is 17.8. The second kappa shape index (κ2) is 7.49. The maximum Gasteiger partial charge on any atom is 0.326 e. The van der Waals surface area contributed by atoms with Crippen molar-refractivity contribution >= 4 is 11.9 Å². The molecular formula is C20H21NO4. The Hall–Kier alpha value is -2.66. The van der Waals surface area contributed by atoms with Crippen LogP contribution in [0.3, 0.4) is 0 Å². The van der Waals surface area contributed by atoms with Gasteiger partial charge in [-0.15, -0.1) is 0 Å². The predicted molar refractivity (Wildman–Crippen MR) is 93.2 cm³/mol. The molecule has 25 heavy (non-hydrogen) atoms. The van der Waals surface area contributed by atoms with Crippen LogP contribution in [0.1, 0.15) is 22.8 Å². The van der Waals surface area contributed by atoms with Crippen molar-refractivity contribution in [1.29, 1.82) is 0 Å². The Kier molecular flexibility index (Phi) is 5.14. The summed E-state index contributed by atoms with van der Waals surface area (Å²) in [4.78, 5) is 26.0. The van der Waals surface area contributed by atoms with Gasteiger partial charge in [0, 0.05) is 13.5 Å². The first-order valence-corrected chi connectivity index (χ1v) is 8.30. The number of carbonyl (C=O) groups is 2. The van der Waals surface area contributed by atoms with Crippen LogP contribution in [0.2, 0.25) is 0 Å². The van der Waals surface area contributed by atoms with Crippen LogP contribution in [-0.4, -0.2) is 41.6 Å². The summed E-state index contributed by atoms with van der Waals surface area (Å²) in [5.74, 6) is -1.35. The maximum absolute atomic E-state index is 12.9. The number of aliphatic carboxylic acids is 1. The summed E-state index contributed by atoms with van der Waals surface area (Å²) < 4.78 is 5.68. The van der Waals surface area contributed by atoms with Crippen molar-refractivity contribution in [2.24, 2.45) is 0 Å². The summed E-state index contributed by atoms with van der Waals surface area (Å²) in [5.41, 5.74) is 2.78. The van der Waals surface area contributed by atoms with Gasteiger partial charge >= 0.3 is 5.97 Å². The number of carbonyl (C=O) groups excluding carboxylic acids is 1. The molecule has 2 aromatic rings. The van der Waals surface area contributed by atoms with E-state index >= 15 is 0 Å². The number of carboxylic acids is 1. The topological polar surface area (TPSA) is 66.8 Å². The largest absolute Gasteiger partial charge is 0.480 e. The maximum atomic E-state index is 12.9. The second-order valence-corrected chi connectivity index (χ2v) is 6.19. The smallest absolute Gasteiger partial charge is 0.326 e. The Labute approximate surface area is 146 Å². The Morgan fingerprint density at radius 1 is 1.16 bits per heavy atom. The molecular weight excluding hydrogens is 318 g/mol. The van der Waals surface area contributed by atoms with Crippen LogP contribution in [0, 0.1) is 0 Å². The van der Waals surface area contributed by atoms with Crippen molar-refractivity contribution in [3.63, 3.8) is 0 Å². The van der Waals surface area contributed by atoms with Crippen LogP contribution in [-0.2, 0) is 27.2 Å². The Morgan fingerprint density at radius 2 is 1.84 bits per heavy atom. The van der Waals surface area contributed by atoms with Gasteiger partial charge < -0.3 is 14.7 Å². The summed E-state index contributed by atoms with van der Waals surface area (Å²) in [7, 11) is 1.53. The third-order valence-electron chi connectivity index (χ3n) is 4.59. The van der Waals surface area contributed by atoms with Crippen molar-refractivity contribution in [3.05, 3.63) is 71.3 Å². The molecule has 0 aromatic heterocycles. The SMILES string of the molecule is CN(C(=O)C1OCCc2ccccc21)C(Cc1ccccc1)C(=O)O. The normalized spacial score (nSPS) is 17.4. The minimum absolute atomic E-state index is 0.257. The molecule has 1 amide bonds. The van der Waals surface area contributed by atoms with E-state index in [0.717, 1.165) is 23.1 Å². The van der Waals surface area contributed by atoms with Crippen LogP contribution in [0.15, 0.2) is 54.6 Å². The molecule has 2 unspecified atom stereocenters. The van der Waals surface area contributed by atoms with Gasteiger partial charge in [-0.05, 0) is 23.1 Å². The molecule has 1 aliphatic heterocycles. The van der Waals surface area contributed by atoms with Crippen molar-refractivity contribution in [2.75, 3.05) is 13.7 Å². The van der Waals surface area contributed by atoms with Crippen LogP contribution < -0.4 is 0 Å². The molecule has 0 fully saturated rings. The number of hydrogen-bond acceptors (Lipinski definition) is 3. The van der Waals surface area contributed by atoms with Gasteiger partial charge in [0.05, 0.1) is 6.61 Å². The van der Waals surface area contributed by atoms with Crippen LogP contribution in [0.4, 0.5) is 0 Å². The molecule has 0 spiro atoms. The van der Waals surface area contributed by atoms with Crippen molar-refractivity contribution in [2.45, 2.75) is 25.0 Å². The minimum Gasteiger partial charge on any atom is -0.480 e. The van der Waals surface area contributed by atoms with E-state index in [9.17, 15) is 14.7 Å². The number of ether oxygens (including phenoxy) is 1. The first kappa shape index (κ1) is 17.2. The zero-order valence-electron chi connectivity index (χ0n) is 14.1. The van der Waals surface area contributed by atoms with Gasteiger partial charge in [0.25, 0.3) is 5.91 Å². The minimum atomic E-state index is -1.02. The molecule has 1 heterocycles. The van der Waals surface area contributed by atoms with Gasteiger partial charge in [0.2, 0.25) is 0 Å². The third-order valence-corrected chi connectivity index (χ3v) is 4.59. The number of likely N-dealkylation sites (N-methyl/N-ethyl adjacent to an activating group) is 1. The molecule has 0 bridgehead atoms. The van der Waals surface area contributed by atoms with Crippen LogP contribution >= 0.6 is 0 Å². The van der Waals surface area contributed by atoms with Gasteiger partial charge in [0.1, 0.15) is 6.04 Å². The van der Waals surface area contributed by atoms with E-state index in [0.29, 0.717) is 6.61 Å². The molecule has 3 rings (SSSR count). The molecule has 5 heteroatoms. The van der Waals surface area contributed by atoms with Crippen molar-refractivity contribution in [1.82, 2.24) is 4.90 Å². The lowest BCUT2D eigenvalue weighted by molar-refractivity contribution is -0.155. The highest BCUT2D eigenvalue weighted by atomic mass is 16.5. The summed E-state index contributed by atoms with van der Waals surface area (Å²) in [5, 5.41) is 9.61. The molecule has 2 atom stereocenters. The number of benzene rings is 2. The van der Waals surface area contributed by atoms with E-state index in [2.05, 4.69) is 0 Å². The van der Waals surface area contributed by atoms with E-state index in [1.54, 1.807) is 0 Å². The summed E-state index contributed by atoms with van der Waals surface area (Å²) in [6, 6.07) is 16.0. The molecule has 0 radical (unpaired) electrons. The highest BCUT2D eigenvalue weighted by Gasteiger charge is 2.34. The molecule has 1 aliphatic rings. The third kappa shape index (κ3) is 3.72. The Bertz CT molecular complexity index is 759. The number of fused-ring (bicyclic) bond motifs is 1. The fourth-order valence-electron chi connectivity index (χ4n) is 3.16. The number of amides is 1. The van der Waals surface area contributed by atoms with Gasteiger partial charge in [-0.3, -0.25) is 4.79 Å². The Balaban J connectivity index is 1.82. The van der Waals surface area contributed by atoms with Crippen LogP contribution in [0.25, 0.3) is 0 Å². The fraction of sp³-hybridized carbons (Fsp3) is 0.300.